The van der Waals surface area contributed by atoms with Gasteiger partial charge in [-0.25, -0.2) is 0 Å². The van der Waals surface area contributed by atoms with Gasteiger partial charge in [0.15, 0.2) is 0 Å². The number of aromatic nitrogens is 6. The lowest BCUT2D eigenvalue weighted by molar-refractivity contribution is -0.112. The number of rotatable bonds is 8. The van der Waals surface area contributed by atoms with Crippen molar-refractivity contribution in [3.8, 4) is 0 Å². The summed E-state index contributed by atoms with van der Waals surface area (Å²) in [6.07, 6.45) is 13.4. The average molecular weight is 545 g/mol. The van der Waals surface area contributed by atoms with Crippen molar-refractivity contribution in [1.82, 2.24) is 30.4 Å². The molecule has 10 nitrogen and oxygen atoms in total. The predicted octanol–water partition coefficient (Wildman–Crippen LogP) is 4.92. The first-order chi connectivity index (χ1) is 18.6. The fourth-order valence-electron chi connectivity index (χ4n) is 4.10. The summed E-state index contributed by atoms with van der Waals surface area (Å²) < 4.78 is 0. The van der Waals surface area contributed by atoms with Crippen molar-refractivity contribution >= 4 is 56.9 Å². The van der Waals surface area contributed by atoms with Crippen LogP contribution in [0.4, 0.5) is 10.3 Å². The molecule has 1 aliphatic carbocycles. The van der Waals surface area contributed by atoms with E-state index in [2.05, 4.69) is 41.0 Å². The number of pyridine rings is 2. The highest BCUT2D eigenvalue weighted by molar-refractivity contribution is 7.15. The molecule has 4 heterocycles. The third-order valence-corrected chi connectivity index (χ3v) is 7.90. The van der Waals surface area contributed by atoms with Crippen molar-refractivity contribution in [2.75, 3.05) is 10.6 Å². The van der Waals surface area contributed by atoms with Gasteiger partial charge in [0.2, 0.25) is 22.1 Å². The second-order valence-electron chi connectivity index (χ2n) is 8.61. The third kappa shape index (κ3) is 6.99. The maximum Gasteiger partial charge on any atom is 0.250 e. The first-order valence-corrected chi connectivity index (χ1v) is 13.7. The molecule has 192 valence electrons. The summed E-state index contributed by atoms with van der Waals surface area (Å²) in [7, 11) is 0. The topological polar surface area (TPSA) is 136 Å². The van der Waals surface area contributed by atoms with E-state index in [1.807, 2.05) is 36.4 Å². The zero-order chi connectivity index (χ0) is 26.2. The summed E-state index contributed by atoms with van der Waals surface area (Å²) in [6.45, 7) is 0. The first kappa shape index (κ1) is 25.5. The summed E-state index contributed by atoms with van der Waals surface area (Å²) in [5, 5.41) is 25.3. The molecule has 0 bridgehead atoms. The first-order valence-electron chi connectivity index (χ1n) is 12.1. The monoisotopic (exact) mass is 544 g/mol. The number of carbonyl (C=O) groups excluding carboxylic acids is 2. The molecule has 0 saturated heterocycles. The Morgan fingerprint density at radius 1 is 0.737 bits per heavy atom. The number of carbonyl (C=O) groups is 2. The minimum Gasteiger partial charge on any atom is -0.297 e. The number of nitrogens with one attached hydrogen (secondary N) is 2. The van der Waals surface area contributed by atoms with Crippen LogP contribution in [0.1, 0.15) is 58.9 Å². The summed E-state index contributed by atoms with van der Waals surface area (Å²) in [5.41, 5.74) is 1.41. The Labute approximate surface area is 227 Å². The molecule has 1 saturated carbocycles. The van der Waals surface area contributed by atoms with Crippen LogP contribution in [0.3, 0.4) is 0 Å². The van der Waals surface area contributed by atoms with Gasteiger partial charge in [-0.15, -0.1) is 20.4 Å². The molecule has 2 N–H and O–H groups in total. The highest BCUT2D eigenvalue weighted by Gasteiger charge is 2.29. The normalized spacial score (nSPS) is 17.6. The Hall–Kier alpha value is -4.16. The van der Waals surface area contributed by atoms with Crippen LogP contribution in [-0.4, -0.2) is 42.2 Å². The summed E-state index contributed by atoms with van der Waals surface area (Å²) >= 11 is 2.80. The fraction of sp³-hybridized carbons (Fsp3) is 0.231. The lowest BCUT2D eigenvalue weighted by atomic mass is 9.82. The van der Waals surface area contributed by atoms with E-state index in [4.69, 9.17) is 0 Å². The van der Waals surface area contributed by atoms with E-state index in [1.165, 1.54) is 34.8 Å². The Balaban J connectivity index is 1.15. The molecule has 0 radical (unpaired) electrons. The number of hydrogen-bond acceptors (Lipinski definition) is 10. The van der Waals surface area contributed by atoms with E-state index in [0.29, 0.717) is 21.7 Å². The fourth-order valence-corrected chi connectivity index (χ4v) is 5.89. The summed E-state index contributed by atoms with van der Waals surface area (Å²) in [6, 6.07) is 11.0. The Kier molecular flexibility index (Phi) is 8.31. The molecule has 2 amide bonds. The SMILES string of the molecule is O=C(/C=C/c1ccccn1)Nc1nnc([C@H]2CCC[C@H](c3nnc(NC(=O)/C=C/c4ccccn4)s3)C2)s1. The Morgan fingerprint density at radius 2 is 1.24 bits per heavy atom. The van der Waals surface area contributed by atoms with E-state index in [-0.39, 0.29) is 23.7 Å². The Morgan fingerprint density at radius 3 is 1.68 bits per heavy atom. The number of hydrogen-bond donors (Lipinski definition) is 2. The van der Waals surface area contributed by atoms with Crippen LogP contribution in [0.25, 0.3) is 12.2 Å². The second-order valence-corrected chi connectivity index (χ2v) is 10.6. The standard InChI is InChI=1S/C26H24N8O2S2/c35-21(12-10-19-8-1-3-14-27-19)29-25-33-31-23(37-25)17-6-5-7-18(16-17)24-32-34-26(38-24)30-22(36)13-11-20-9-2-4-15-28-20/h1-4,8-15,17-18H,5-7,16H2,(H,29,33,35)(H,30,34,36)/b12-10+,13-11+/t17-,18-/m0/s1. The molecule has 4 aromatic heterocycles. The van der Waals surface area contributed by atoms with E-state index in [0.717, 1.165) is 35.7 Å². The number of nitrogens with zero attached hydrogens (tertiary/aromatic N) is 6. The van der Waals surface area contributed by atoms with Crippen LogP contribution in [0.2, 0.25) is 0 Å². The average Bonchev–Trinajstić information content (AvgIpc) is 3.62. The maximum atomic E-state index is 12.3. The molecular weight excluding hydrogens is 520 g/mol. The van der Waals surface area contributed by atoms with Gasteiger partial charge in [-0.3, -0.25) is 30.2 Å². The molecule has 2 atom stereocenters. The van der Waals surface area contributed by atoms with Gasteiger partial charge in [0.25, 0.3) is 0 Å². The predicted molar refractivity (Wildman–Crippen MR) is 148 cm³/mol. The van der Waals surface area contributed by atoms with Gasteiger partial charge in [0.1, 0.15) is 10.0 Å². The molecule has 4 aromatic rings. The molecule has 38 heavy (non-hydrogen) atoms. The highest BCUT2D eigenvalue weighted by Crippen LogP contribution is 2.43. The zero-order valence-electron chi connectivity index (χ0n) is 20.2. The second kappa shape index (κ2) is 12.4. The molecule has 1 fully saturated rings. The van der Waals surface area contributed by atoms with Gasteiger partial charge < -0.3 is 0 Å². The van der Waals surface area contributed by atoms with Gasteiger partial charge in [-0.1, -0.05) is 41.2 Å². The molecule has 0 aliphatic heterocycles. The van der Waals surface area contributed by atoms with E-state index < -0.39 is 0 Å². The van der Waals surface area contributed by atoms with Crippen molar-refractivity contribution < 1.29 is 9.59 Å². The molecule has 0 aromatic carbocycles. The van der Waals surface area contributed by atoms with Crippen LogP contribution < -0.4 is 10.6 Å². The van der Waals surface area contributed by atoms with Crippen molar-refractivity contribution in [3.05, 3.63) is 82.3 Å². The quantitative estimate of drug-likeness (QED) is 0.298. The van der Waals surface area contributed by atoms with Crippen LogP contribution >= 0.6 is 22.7 Å². The van der Waals surface area contributed by atoms with Crippen LogP contribution in [0.15, 0.2) is 60.9 Å². The summed E-state index contributed by atoms with van der Waals surface area (Å²) in [4.78, 5) is 32.9. The molecule has 12 heteroatoms. The van der Waals surface area contributed by atoms with Crippen LogP contribution in [0.5, 0.6) is 0 Å². The van der Waals surface area contributed by atoms with E-state index in [1.54, 1.807) is 24.5 Å². The minimum atomic E-state index is -0.279. The molecule has 5 rings (SSSR count). The zero-order valence-corrected chi connectivity index (χ0v) is 21.9. The molecular formula is C26H24N8O2S2. The van der Waals surface area contributed by atoms with Crippen molar-refractivity contribution in [1.29, 1.82) is 0 Å². The Bertz CT molecular complexity index is 1330. The lowest BCUT2D eigenvalue weighted by Crippen LogP contribution is -2.12. The third-order valence-electron chi connectivity index (χ3n) is 5.90. The van der Waals surface area contributed by atoms with Gasteiger partial charge in [-0.2, -0.15) is 0 Å². The minimum absolute atomic E-state index is 0.226. The van der Waals surface area contributed by atoms with Crippen LogP contribution in [0, 0.1) is 0 Å². The smallest absolute Gasteiger partial charge is 0.250 e. The molecule has 0 unspecified atom stereocenters. The van der Waals surface area contributed by atoms with Crippen molar-refractivity contribution in [2.24, 2.45) is 0 Å². The van der Waals surface area contributed by atoms with Gasteiger partial charge in [0.05, 0.1) is 11.4 Å². The highest BCUT2D eigenvalue weighted by atomic mass is 32.1. The number of amides is 2. The molecule has 1 aliphatic rings. The van der Waals surface area contributed by atoms with Gasteiger partial charge in [-0.05, 0) is 55.7 Å². The van der Waals surface area contributed by atoms with Crippen molar-refractivity contribution in [3.63, 3.8) is 0 Å². The van der Waals surface area contributed by atoms with E-state index >= 15 is 0 Å². The van der Waals surface area contributed by atoms with Gasteiger partial charge in [0, 0.05) is 36.4 Å². The van der Waals surface area contributed by atoms with Crippen molar-refractivity contribution in [2.45, 2.75) is 37.5 Å². The maximum absolute atomic E-state index is 12.3. The summed E-state index contributed by atoms with van der Waals surface area (Å²) in [5.74, 6) is -0.107. The van der Waals surface area contributed by atoms with E-state index in [9.17, 15) is 9.59 Å². The largest absolute Gasteiger partial charge is 0.297 e. The molecule has 0 spiro atoms. The van der Waals surface area contributed by atoms with Gasteiger partial charge >= 0.3 is 0 Å². The number of anilines is 2. The lowest BCUT2D eigenvalue weighted by Gasteiger charge is -2.25. The van der Waals surface area contributed by atoms with Crippen LogP contribution in [-0.2, 0) is 9.59 Å².